The fraction of sp³-hybridized carbons (Fsp3) is 0.333. The lowest BCUT2D eigenvalue weighted by atomic mass is 9.98. The van der Waals surface area contributed by atoms with Crippen LogP contribution in [0.15, 0.2) is 104 Å². The first-order valence-corrected chi connectivity index (χ1v) is 12.1. The van der Waals surface area contributed by atoms with Gasteiger partial charge in [-0.1, -0.05) is 97.1 Å². The highest BCUT2D eigenvalue weighted by molar-refractivity contribution is 5.15. The van der Waals surface area contributed by atoms with Crippen molar-refractivity contribution in [2.45, 2.75) is 57.5 Å². The van der Waals surface area contributed by atoms with Crippen LogP contribution in [-0.4, -0.2) is 37.3 Å². The van der Waals surface area contributed by atoms with E-state index >= 15 is 0 Å². The molecule has 1 aliphatic heterocycles. The zero-order valence-corrected chi connectivity index (χ0v) is 20.2. The minimum Gasteiger partial charge on any atom is -0.368 e. The van der Waals surface area contributed by atoms with Crippen molar-refractivity contribution in [1.82, 2.24) is 0 Å². The van der Waals surface area contributed by atoms with Gasteiger partial charge in [0.25, 0.3) is 0 Å². The molecule has 1 fully saturated rings. The quantitative estimate of drug-likeness (QED) is 0.316. The largest absolute Gasteiger partial charge is 0.368 e. The lowest BCUT2D eigenvalue weighted by Crippen LogP contribution is -2.60. The Hall–Kier alpha value is -2.80. The summed E-state index contributed by atoms with van der Waals surface area (Å²) < 4.78 is 31.6. The van der Waals surface area contributed by atoms with E-state index in [-0.39, 0.29) is 12.2 Å². The summed E-state index contributed by atoms with van der Waals surface area (Å²) in [5.41, 5.74) is 3.24. The van der Waals surface area contributed by atoms with E-state index in [4.69, 9.17) is 23.7 Å². The summed E-state index contributed by atoms with van der Waals surface area (Å²) in [6, 6.07) is 30.3. The number of hydrogen-bond acceptors (Lipinski definition) is 5. The van der Waals surface area contributed by atoms with Crippen molar-refractivity contribution in [1.29, 1.82) is 0 Å². The zero-order chi connectivity index (χ0) is 24.3. The van der Waals surface area contributed by atoms with E-state index in [9.17, 15) is 0 Å². The lowest BCUT2D eigenvalue weighted by Gasteiger charge is -2.45. The summed E-state index contributed by atoms with van der Waals surface area (Å²) >= 11 is 0. The Morgan fingerprint density at radius 3 is 1.51 bits per heavy atom. The molecule has 0 unspecified atom stereocenters. The molecule has 5 heteroatoms. The van der Waals surface area contributed by atoms with Gasteiger partial charge in [-0.15, -0.1) is 6.58 Å². The summed E-state index contributed by atoms with van der Waals surface area (Å²) in [4.78, 5) is 0. The first-order valence-electron chi connectivity index (χ1n) is 12.1. The first-order chi connectivity index (χ1) is 17.2. The number of ether oxygens (including phenoxy) is 5. The normalized spacial score (nSPS) is 24.2. The van der Waals surface area contributed by atoms with E-state index in [1.54, 1.807) is 6.08 Å². The summed E-state index contributed by atoms with van der Waals surface area (Å²) in [6.45, 7) is 7.42. The molecule has 35 heavy (non-hydrogen) atoms. The Kier molecular flexibility index (Phi) is 9.64. The highest BCUT2D eigenvalue weighted by Crippen LogP contribution is 2.31. The number of hydrogen-bond donors (Lipinski definition) is 0. The molecule has 5 atom stereocenters. The van der Waals surface area contributed by atoms with E-state index in [1.165, 1.54) is 0 Å². The smallest absolute Gasteiger partial charge is 0.187 e. The van der Waals surface area contributed by atoms with Crippen LogP contribution in [0.25, 0.3) is 0 Å². The molecule has 3 aromatic rings. The van der Waals surface area contributed by atoms with Crippen molar-refractivity contribution >= 4 is 0 Å². The van der Waals surface area contributed by atoms with Gasteiger partial charge in [-0.25, -0.2) is 0 Å². The van der Waals surface area contributed by atoms with Crippen molar-refractivity contribution in [3.63, 3.8) is 0 Å². The molecule has 5 nitrogen and oxygen atoms in total. The van der Waals surface area contributed by atoms with Gasteiger partial charge < -0.3 is 23.7 Å². The van der Waals surface area contributed by atoms with E-state index in [0.29, 0.717) is 26.4 Å². The van der Waals surface area contributed by atoms with Gasteiger partial charge in [-0.2, -0.15) is 0 Å². The Morgan fingerprint density at radius 1 is 0.629 bits per heavy atom. The van der Waals surface area contributed by atoms with E-state index in [0.717, 1.165) is 16.7 Å². The molecular formula is C30H34O5. The van der Waals surface area contributed by atoms with Crippen LogP contribution in [0.1, 0.15) is 23.6 Å². The number of rotatable bonds is 12. The maximum Gasteiger partial charge on any atom is 0.187 e. The van der Waals surface area contributed by atoms with Gasteiger partial charge in [0.05, 0.1) is 32.5 Å². The molecule has 1 aliphatic rings. The Morgan fingerprint density at radius 2 is 1.06 bits per heavy atom. The lowest BCUT2D eigenvalue weighted by molar-refractivity contribution is -0.318. The molecule has 0 saturated carbocycles. The zero-order valence-electron chi connectivity index (χ0n) is 20.2. The average Bonchev–Trinajstić information content (AvgIpc) is 2.91. The molecule has 4 rings (SSSR count). The second kappa shape index (κ2) is 13.3. The summed E-state index contributed by atoms with van der Waals surface area (Å²) in [6.07, 6.45) is -0.393. The molecule has 0 aliphatic carbocycles. The fourth-order valence-corrected chi connectivity index (χ4v) is 4.17. The van der Waals surface area contributed by atoms with Gasteiger partial charge >= 0.3 is 0 Å². The van der Waals surface area contributed by atoms with Gasteiger partial charge in [-0.3, -0.25) is 0 Å². The van der Waals surface area contributed by atoms with E-state index in [1.807, 2.05) is 97.9 Å². The van der Waals surface area contributed by atoms with Gasteiger partial charge in [0.2, 0.25) is 0 Å². The monoisotopic (exact) mass is 474 g/mol. The minimum absolute atomic E-state index is 0.258. The topological polar surface area (TPSA) is 46.2 Å². The average molecular weight is 475 g/mol. The maximum atomic E-state index is 6.52. The minimum atomic E-state index is -0.607. The predicted octanol–water partition coefficient (Wildman–Crippen LogP) is 5.69. The van der Waals surface area contributed by atoms with Gasteiger partial charge in [0.15, 0.2) is 6.29 Å². The third kappa shape index (κ3) is 7.34. The van der Waals surface area contributed by atoms with Crippen LogP contribution in [0.3, 0.4) is 0 Å². The molecule has 0 spiro atoms. The summed E-state index contributed by atoms with van der Waals surface area (Å²) in [7, 11) is 0. The van der Waals surface area contributed by atoms with Crippen molar-refractivity contribution < 1.29 is 23.7 Å². The fourth-order valence-electron chi connectivity index (χ4n) is 4.17. The third-order valence-corrected chi connectivity index (χ3v) is 5.96. The molecule has 3 aromatic carbocycles. The van der Waals surface area contributed by atoms with Crippen LogP contribution >= 0.6 is 0 Å². The molecule has 1 saturated heterocycles. The second-order valence-electron chi connectivity index (χ2n) is 8.62. The first kappa shape index (κ1) is 25.3. The Bertz CT molecular complexity index is 995. The van der Waals surface area contributed by atoms with Crippen LogP contribution in [0.2, 0.25) is 0 Å². The Labute approximate surface area is 208 Å². The van der Waals surface area contributed by atoms with Gasteiger partial charge in [0, 0.05) is 0 Å². The SMILES string of the molecule is C=CCO[C@H]1O[C@H](C)[C@H](OCc2ccccc2)[C@H](OCc2ccccc2)[C@H]1OCc1ccccc1. The van der Waals surface area contributed by atoms with E-state index in [2.05, 4.69) is 6.58 Å². The molecule has 0 aromatic heterocycles. The van der Waals surface area contributed by atoms with Crippen molar-refractivity contribution in [3.05, 3.63) is 120 Å². The highest BCUT2D eigenvalue weighted by Gasteiger charge is 2.47. The molecule has 0 radical (unpaired) electrons. The molecular weight excluding hydrogens is 440 g/mol. The summed E-state index contributed by atoms with van der Waals surface area (Å²) in [5.74, 6) is 0. The summed E-state index contributed by atoms with van der Waals surface area (Å²) in [5, 5.41) is 0. The molecule has 0 N–H and O–H groups in total. The second-order valence-corrected chi connectivity index (χ2v) is 8.62. The highest BCUT2D eigenvalue weighted by atomic mass is 16.7. The van der Waals surface area contributed by atoms with Gasteiger partial charge in [0.1, 0.15) is 18.3 Å². The van der Waals surface area contributed by atoms with E-state index < -0.39 is 18.5 Å². The molecule has 0 amide bonds. The Balaban J connectivity index is 1.56. The van der Waals surface area contributed by atoms with Crippen LogP contribution < -0.4 is 0 Å². The molecule has 1 heterocycles. The van der Waals surface area contributed by atoms with Crippen molar-refractivity contribution in [3.8, 4) is 0 Å². The maximum absolute atomic E-state index is 6.52. The molecule has 0 bridgehead atoms. The standard InChI is InChI=1S/C30H34O5/c1-3-19-31-30-29(34-22-26-17-11-6-12-18-26)28(33-21-25-15-9-5-10-16-25)27(23(2)35-30)32-20-24-13-7-4-8-14-24/h3-18,23,27-30H,1,19-22H2,2H3/t23-,27+,28+,29-,30+/m1/s1. The van der Waals surface area contributed by atoms with Crippen LogP contribution in [0.4, 0.5) is 0 Å². The van der Waals surface area contributed by atoms with Crippen molar-refractivity contribution in [2.75, 3.05) is 6.61 Å². The predicted molar refractivity (Wildman–Crippen MR) is 136 cm³/mol. The van der Waals surface area contributed by atoms with Crippen LogP contribution in [0.5, 0.6) is 0 Å². The van der Waals surface area contributed by atoms with Crippen LogP contribution in [0, 0.1) is 0 Å². The molecule has 184 valence electrons. The van der Waals surface area contributed by atoms with Crippen molar-refractivity contribution in [2.24, 2.45) is 0 Å². The third-order valence-electron chi connectivity index (χ3n) is 5.96. The van der Waals surface area contributed by atoms with Gasteiger partial charge in [-0.05, 0) is 23.6 Å². The number of benzene rings is 3. The van der Waals surface area contributed by atoms with Crippen LogP contribution in [-0.2, 0) is 43.5 Å².